The fourth-order valence-corrected chi connectivity index (χ4v) is 1.85. The van der Waals surface area contributed by atoms with Crippen LogP contribution in [0.1, 0.15) is 31.2 Å². The lowest BCUT2D eigenvalue weighted by atomic mass is 9.97. The summed E-state index contributed by atoms with van der Waals surface area (Å²) in [5, 5.41) is 3.78. The Morgan fingerprint density at radius 2 is 2.30 bits per heavy atom. The molecule has 0 aromatic carbocycles. The summed E-state index contributed by atoms with van der Waals surface area (Å²) in [5.74, 6) is 6.04. The third-order valence-corrected chi connectivity index (χ3v) is 2.85. The van der Waals surface area contributed by atoms with Crippen LogP contribution < -0.4 is 0 Å². The van der Waals surface area contributed by atoms with E-state index in [1.165, 1.54) is 0 Å². The monoisotopic (exact) mass is 272 g/mol. The van der Waals surface area contributed by atoms with E-state index in [0.29, 0.717) is 25.2 Å². The molecular formula is C16H17FN2O. The number of halogens is 1. The van der Waals surface area contributed by atoms with Crippen molar-refractivity contribution in [2.75, 3.05) is 6.61 Å². The zero-order valence-corrected chi connectivity index (χ0v) is 11.7. The van der Waals surface area contributed by atoms with Crippen LogP contribution in [0.4, 0.5) is 4.39 Å². The predicted octanol–water partition coefficient (Wildman–Crippen LogP) is 3.19. The second kappa shape index (κ2) is 6.85. The van der Waals surface area contributed by atoms with Gasteiger partial charge in [-0.3, -0.25) is 0 Å². The van der Waals surface area contributed by atoms with E-state index in [1.807, 2.05) is 32.0 Å². The number of alkyl halides is 1. The van der Waals surface area contributed by atoms with Gasteiger partial charge in [0, 0.05) is 11.3 Å². The van der Waals surface area contributed by atoms with Crippen LogP contribution in [0, 0.1) is 18.8 Å². The van der Waals surface area contributed by atoms with Crippen molar-refractivity contribution in [2.24, 2.45) is 5.16 Å². The second-order valence-electron chi connectivity index (χ2n) is 4.52. The number of oxime groups is 1. The lowest BCUT2D eigenvalue weighted by Gasteiger charge is -2.14. The number of allylic oxidation sites excluding steroid dienone is 2. The van der Waals surface area contributed by atoms with E-state index in [-0.39, 0.29) is 0 Å². The maximum Gasteiger partial charge on any atom is 0.146 e. The van der Waals surface area contributed by atoms with E-state index in [2.05, 4.69) is 22.0 Å². The lowest BCUT2D eigenvalue weighted by molar-refractivity contribution is 0.156. The van der Waals surface area contributed by atoms with Gasteiger partial charge in [-0.05, 0) is 50.8 Å². The van der Waals surface area contributed by atoms with Gasteiger partial charge in [-0.2, -0.15) is 0 Å². The Bertz CT molecular complexity index is 596. The molecule has 0 fully saturated rings. The first-order chi connectivity index (χ1) is 9.69. The Hall–Kier alpha value is -2.15. The second-order valence-corrected chi connectivity index (χ2v) is 4.52. The van der Waals surface area contributed by atoms with Crippen molar-refractivity contribution in [1.82, 2.24) is 4.98 Å². The molecule has 0 saturated heterocycles. The SMILES string of the molecule is CCO/N=C1/C=C(C#Cc2cccc(C)n2)CCC1F. The molecule has 1 aromatic heterocycles. The normalized spacial score (nSPS) is 20.1. The molecule has 4 heteroatoms. The number of hydrogen-bond acceptors (Lipinski definition) is 3. The molecule has 0 radical (unpaired) electrons. The minimum atomic E-state index is -1.07. The fraction of sp³-hybridized carbons (Fsp3) is 0.375. The first-order valence-corrected chi connectivity index (χ1v) is 6.69. The van der Waals surface area contributed by atoms with Crippen LogP contribution in [0.3, 0.4) is 0 Å². The number of rotatable bonds is 2. The highest BCUT2D eigenvalue weighted by molar-refractivity contribution is 6.00. The van der Waals surface area contributed by atoms with Crippen molar-refractivity contribution in [1.29, 1.82) is 0 Å². The van der Waals surface area contributed by atoms with Gasteiger partial charge in [-0.25, -0.2) is 9.37 Å². The van der Waals surface area contributed by atoms with E-state index in [0.717, 1.165) is 17.0 Å². The van der Waals surface area contributed by atoms with Crippen LogP contribution in [0.15, 0.2) is 35.0 Å². The maximum absolute atomic E-state index is 13.6. The van der Waals surface area contributed by atoms with Gasteiger partial charge in [-0.15, -0.1) is 0 Å². The van der Waals surface area contributed by atoms with Gasteiger partial charge in [0.25, 0.3) is 0 Å². The van der Waals surface area contributed by atoms with Crippen molar-refractivity contribution in [3.05, 3.63) is 41.2 Å². The first kappa shape index (κ1) is 14.3. The van der Waals surface area contributed by atoms with Gasteiger partial charge in [0.05, 0.1) is 0 Å². The van der Waals surface area contributed by atoms with Crippen molar-refractivity contribution in [3.8, 4) is 11.8 Å². The molecule has 1 aliphatic rings. The highest BCUT2D eigenvalue weighted by Gasteiger charge is 2.19. The lowest BCUT2D eigenvalue weighted by Crippen LogP contribution is -2.18. The number of pyridine rings is 1. The number of aryl methyl sites for hydroxylation is 1. The van der Waals surface area contributed by atoms with Crippen LogP contribution in [-0.2, 0) is 4.84 Å². The Morgan fingerprint density at radius 1 is 1.45 bits per heavy atom. The Balaban J connectivity index is 2.17. The molecule has 1 unspecified atom stereocenters. The minimum absolute atomic E-state index is 0.319. The standard InChI is InChI=1S/C16H17FN2O/c1-3-20-19-16-11-13(8-10-15(16)17)7-9-14-6-4-5-12(2)18-14/h4-6,11,15H,3,8,10H2,1-2H3/b19-16-. The zero-order valence-electron chi connectivity index (χ0n) is 11.7. The van der Waals surface area contributed by atoms with Gasteiger partial charge in [-0.1, -0.05) is 17.1 Å². The molecule has 3 nitrogen and oxygen atoms in total. The summed E-state index contributed by atoms with van der Waals surface area (Å²) in [5.41, 5.74) is 2.83. The molecule has 0 amide bonds. The van der Waals surface area contributed by atoms with Crippen LogP contribution in [0.25, 0.3) is 0 Å². The minimum Gasteiger partial charge on any atom is -0.396 e. The first-order valence-electron chi connectivity index (χ1n) is 6.69. The van der Waals surface area contributed by atoms with E-state index in [1.54, 1.807) is 6.08 Å². The van der Waals surface area contributed by atoms with Gasteiger partial charge < -0.3 is 4.84 Å². The van der Waals surface area contributed by atoms with Crippen LogP contribution in [-0.4, -0.2) is 23.5 Å². The summed E-state index contributed by atoms with van der Waals surface area (Å²) in [6, 6.07) is 5.70. The molecule has 1 aromatic rings. The largest absolute Gasteiger partial charge is 0.396 e. The predicted molar refractivity (Wildman–Crippen MR) is 77.1 cm³/mol. The van der Waals surface area contributed by atoms with Crippen molar-refractivity contribution in [3.63, 3.8) is 0 Å². The van der Waals surface area contributed by atoms with Crippen LogP contribution >= 0.6 is 0 Å². The molecule has 1 atom stereocenters. The highest BCUT2D eigenvalue weighted by atomic mass is 19.1. The molecule has 20 heavy (non-hydrogen) atoms. The maximum atomic E-state index is 13.6. The number of nitrogens with zero attached hydrogens (tertiary/aromatic N) is 2. The Morgan fingerprint density at radius 3 is 3.05 bits per heavy atom. The van der Waals surface area contributed by atoms with Crippen molar-refractivity contribution in [2.45, 2.75) is 32.9 Å². The van der Waals surface area contributed by atoms with E-state index in [9.17, 15) is 4.39 Å². The Labute approximate surface area is 118 Å². The summed E-state index contributed by atoms with van der Waals surface area (Å²) >= 11 is 0. The van der Waals surface area contributed by atoms with Gasteiger partial charge in [0.2, 0.25) is 0 Å². The third kappa shape index (κ3) is 3.92. The summed E-state index contributed by atoms with van der Waals surface area (Å²) in [6.45, 7) is 4.16. The smallest absolute Gasteiger partial charge is 0.146 e. The van der Waals surface area contributed by atoms with E-state index < -0.39 is 6.17 Å². The molecular weight excluding hydrogens is 255 g/mol. The highest BCUT2D eigenvalue weighted by Crippen LogP contribution is 2.19. The summed E-state index contributed by atoms with van der Waals surface area (Å²) in [6.07, 6.45) is 1.62. The molecule has 0 N–H and O–H groups in total. The average molecular weight is 272 g/mol. The van der Waals surface area contributed by atoms with Gasteiger partial charge in [0.15, 0.2) is 0 Å². The summed E-state index contributed by atoms with van der Waals surface area (Å²) in [7, 11) is 0. The summed E-state index contributed by atoms with van der Waals surface area (Å²) < 4.78 is 13.6. The van der Waals surface area contributed by atoms with Crippen LogP contribution in [0.2, 0.25) is 0 Å². The van der Waals surface area contributed by atoms with Gasteiger partial charge in [0.1, 0.15) is 24.2 Å². The zero-order chi connectivity index (χ0) is 14.4. The molecule has 0 saturated carbocycles. The third-order valence-electron chi connectivity index (χ3n) is 2.85. The summed E-state index contributed by atoms with van der Waals surface area (Å²) in [4.78, 5) is 9.22. The molecule has 0 bridgehead atoms. The molecule has 1 heterocycles. The van der Waals surface area contributed by atoms with Crippen molar-refractivity contribution >= 4 is 5.71 Å². The van der Waals surface area contributed by atoms with E-state index in [4.69, 9.17) is 4.84 Å². The quantitative estimate of drug-likeness (QED) is 0.612. The number of hydrogen-bond donors (Lipinski definition) is 0. The molecule has 104 valence electrons. The van der Waals surface area contributed by atoms with Gasteiger partial charge >= 0.3 is 0 Å². The Kier molecular flexibility index (Phi) is 4.89. The number of aromatic nitrogens is 1. The molecule has 1 aliphatic carbocycles. The fourth-order valence-electron chi connectivity index (χ4n) is 1.85. The average Bonchev–Trinajstić information content (AvgIpc) is 2.45. The van der Waals surface area contributed by atoms with E-state index >= 15 is 0 Å². The van der Waals surface area contributed by atoms with Crippen molar-refractivity contribution < 1.29 is 9.23 Å². The molecule has 0 aliphatic heterocycles. The topological polar surface area (TPSA) is 34.5 Å². The molecule has 2 rings (SSSR count). The van der Waals surface area contributed by atoms with Crippen LogP contribution in [0.5, 0.6) is 0 Å². The molecule has 0 spiro atoms.